The normalized spacial score (nSPS) is 13.3. The summed E-state index contributed by atoms with van der Waals surface area (Å²) in [5.41, 5.74) is 3.78. The number of alkyl halides is 4. The van der Waals surface area contributed by atoms with Crippen molar-refractivity contribution in [3.05, 3.63) is 59.2 Å². The number of ether oxygens (including phenoxy) is 3. The van der Waals surface area contributed by atoms with E-state index in [1.54, 1.807) is 18.2 Å². The highest BCUT2D eigenvalue weighted by Crippen LogP contribution is 2.32. The third-order valence-electron chi connectivity index (χ3n) is 3.87. The second-order valence-corrected chi connectivity index (χ2v) is 6.06. The molecule has 2 aromatic rings. The number of carbonyl (C=O) groups excluding carboxylic acids is 1. The predicted octanol–water partition coefficient (Wildman–Crippen LogP) is 3.60. The van der Waals surface area contributed by atoms with Crippen LogP contribution < -0.4 is 14.9 Å². The molecule has 0 spiro atoms. The van der Waals surface area contributed by atoms with Crippen molar-refractivity contribution >= 4 is 12.1 Å². The molecule has 1 heterocycles. The third kappa shape index (κ3) is 5.44. The van der Waals surface area contributed by atoms with E-state index in [0.29, 0.717) is 22.6 Å². The van der Waals surface area contributed by atoms with E-state index in [4.69, 9.17) is 9.47 Å². The van der Waals surface area contributed by atoms with Crippen molar-refractivity contribution in [2.24, 2.45) is 5.10 Å². The summed E-state index contributed by atoms with van der Waals surface area (Å²) >= 11 is 0. The first kappa shape index (κ1) is 20.6. The molecule has 0 fully saturated rings. The van der Waals surface area contributed by atoms with E-state index < -0.39 is 24.9 Å². The van der Waals surface area contributed by atoms with Crippen LogP contribution in [0.3, 0.4) is 0 Å². The Morgan fingerprint density at radius 3 is 2.62 bits per heavy atom. The Morgan fingerprint density at radius 2 is 1.90 bits per heavy atom. The van der Waals surface area contributed by atoms with Crippen molar-refractivity contribution in [2.75, 3.05) is 13.4 Å². The van der Waals surface area contributed by atoms with Gasteiger partial charge in [0, 0.05) is 5.56 Å². The minimum Gasteiger partial charge on any atom is -0.454 e. The van der Waals surface area contributed by atoms with Crippen molar-refractivity contribution in [2.45, 2.75) is 19.0 Å². The molecule has 0 saturated heterocycles. The average Bonchev–Trinajstić information content (AvgIpc) is 3.16. The highest BCUT2D eigenvalue weighted by molar-refractivity contribution is 5.94. The number of halogens is 4. The molecule has 6 nitrogen and oxygen atoms in total. The lowest BCUT2D eigenvalue weighted by atomic mass is 10.1. The maximum atomic E-state index is 12.8. The fourth-order valence-corrected chi connectivity index (χ4v) is 2.34. The number of amides is 1. The minimum atomic E-state index is -4.20. The summed E-state index contributed by atoms with van der Waals surface area (Å²) in [7, 11) is 0. The molecule has 1 aliphatic rings. The number of carbonyl (C=O) groups is 1. The number of hydrazone groups is 1. The van der Waals surface area contributed by atoms with Gasteiger partial charge in [0.05, 0.1) is 12.8 Å². The molecule has 1 N–H and O–H groups in total. The first-order chi connectivity index (χ1) is 13.8. The number of nitrogens with zero attached hydrogens (tertiary/aromatic N) is 1. The van der Waals surface area contributed by atoms with Crippen LogP contribution in [0.25, 0.3) is 0 Å². The largest absolute Gasteiger partial charge is 0.454 e. The zero-order valence-electron chi connectivity index (χ0n) is 14.9. The van der Waals surface area contributed by atoms with Gasteiger partial charge in [-0.2, -0.15) is 13.9 Å². The van der Waals surface area contributed by atoms with Gasteiger partial charge < -0.3 is 14.2 Å². The topological polar surface area (TPSA) is 69.2 Å². The number of hydrogen-bond acceptors (Lipinski definition) is 5. The van der Waals surface area contributed by atoms with Gasteiger partial charge in [0.15, 0.2) is 11.5 Å². The maximum Gasteiger partial charge on any atom is 0.330 e. The summed E-state index contributed by atoms with van der Waals surface area (Å²) in [6, 6.07) is 11.0. The number of hydrogen-bond donors (Lipinski definition) is 1. The number of rotatable bonds is 8. The van der Waals surface area contributed by atoms with Crippen molar-refractivity contribution in [3.63, 3.8) is 0 Å². The van der Waals surface area contributed by atoms with Crippen molar-refractivity contribution in [1.29, 1.82) is 0 Å². The lowest BCUT2D eigenvalue weighted by Crippen LogP contribution is -2.32. The molecule has 0 radical (unpaired) electrons. The zero-order valence-corrected chi connectivity index (χ0v) is 14.9. The molecule has 0 aromatic heterocycles. The molecular formula is C19H16F4N2O4. The van der Waals surface area contributed by atoms with Gasteiger partial charge in [-0.15, -0.1) is 0 Å². The van der Waals surface area contributed by atoms with Crippen LogP contribution in [-0.4, -0.2) is 37.9 Å². The van der Waals surface area contributed by atoms with Crippen LogP contribution in [0.5, 0.6) is 11.5 Å². The first-order valence-corrected chi connectivity index (χ1v) is 8.41. The van der Waals surface area contributed by atoms with Crippen LogP contribution in [0.15, 0.2) is 47.6 Å². The van der Waals surface area contributed by atoms with E-state index in [1.807, 2.05) is 0 Å². The van der Waals surface area contributed by atoms with Gasteiger partial charge >= 0.3 is 12.3 Å². The molecule has 154 valence electrons. The molecule has 29 heavy (non-hydrogen) atoms. The smallest absolute Gasteiger partial charge is 0.330 e. The Labute approximate surface area is 163 Å². The zero-order chi connectivity index (χ0) is 20.9. The Bertz CT molecular complexity index is 888. The summed E-state index contributed by atoms with van der Waals surface area (Å²) in [6.07, 6.45) is -2.35. The summed E-state index contributed by atoms with van der Waals surface area (Å²) in [5.74, 6) is -3.47. The Morgan fingerprint density at radius 1 is 1.17 bits per heavy atom. The molecule has 0 bridgehead atoms. The van der Waals surface area contributed by atoms with Crippen LogP contribution in [0.1, 0.15) is 21.5 Å². The maximum absolute atomic E-state index is 12.8. The molecule has 0 aliphatic carbocycles. The molecule has 0 atom stereocenters. The SMILES string of the molecule is O=C(NN=Cc1ccc2c(c1)OCO2)c1ccc(COCC(F)(F)C(F)F)cc1. The van der Waals surface area contributed by atoms with Gasteiger partial charge in [-0.25, -0.2) is 14.2 Å². The second kappa shape index (κ2) is 8.91. The van der Waals surface area contributed by atoms with Crippen molar-refractivity contribution < 1.29 is 36.6 Å². The predicted molar refractivity (Wildman–Crippen MR) is 94.7 cm³/mol. The van der Waals surface area contributed by atoms with Gasteiger partial charge in [0.1, 0.15) is 6.61 Å². The summed E-state index contributed by atoms with van der Waals surface area (Å²) in [4.78, 5) is 12.1. The summed E-state index contributed by atoms with van der Waals surface area (Å²) in [5, 5.41) is 3.86. The first-order valence-electron chi connectivity index (χ1n) is 8.41. The van der Waals surface area contributed by atoms with E-state index in [1.165, 1.54) is 30.5 Å². The van der Waals surface area contributed by atoms with Crippen LogP contribution >= 0.6 is 0 Å². The summed E-state index contributed by atoms with van der Waals surface area (Å²) in [6.45, 7) is -1.52. The highest BCUT2D eigenvalue weighted by atomic mass is 19.3. The lowest BCUT2D eigenvalue weighted by Gasteiger charge is -2.15. The molecule has 1 amide bonds. The van der Waals surface area contributed by atoms with Crippen LogP contribution in [0, 0.1) is 0 Å². The molecule has 2 aromatic carbocycles. The van der Waals surface area contributed by atoms with E-state index in [9.17, 15) is 22.4 Å². The Kier molecular flexibility index (Phi) is 6.32. The van der Waals surface area contributed by atoms with Gasteiger partial charge in [0.25, 0.3) is 5.91 Å². The fraction of sp³-hybridized carbons (Fsp3) is 0.263. The lowest BCUT2D eigenvalue weighted by molar-refractivity contribution is -0.168. The monoisotopic (exact) mass is 412 g/mol. The molecule has 10 heteroatoms. The van der Waals surface area contributed by atoms with Gasteiger partial charge in [0.2, 0.25) is 6.79 Å². The standard InChI is InChI=1S/C19H16F4N2O4/c20-18(21)19(22,23)10-27-9-12-1-4-14(5-2-12)17(26)25-24-8-13-3-6-15-16(7-13)29-11-28-15/h1-8,18H,9-11H2,(H,25,26). The van der Waals surface area contributed by atoms with Crippen LogP contribution in [0.2, 0.25) is 0 Å². The Hall–Kier alpha value is -3.14. The van der Waals surface area contributed by atoms with E-state index >= 15 is 0 Å². The number of benzene rings is 2. The average molecular weight is 412 g/mol. The van der Waals surface area contributed by atoms with Crippen molar-refractivity contribution in [1.82, 2.24) is 5.43 Å². The second-order valence-electron chi connectivity index (χ2n) is 6.06. The highest BCUT2D eigenvalue weighted by Gasteiger charge is 2.40. The molecule has 3 rings (SSSR count). The van der Waals surface area contributed by atoms with Crippen LogP contribution in [0.4, 0.5) is 17.6 Å². The van der Waals surface area contributed by atoms with Crippen molar-refractivity contribution in [3.8, 4) is 11.5 Å². The quantitative estimate of drug-likeness (QED) is 0.409. The fourth-order valence-electron chi connectivity index (χ4n) is 2.34. The minimum absolute atomic E-state index is 0.155. The van der Waals surface area contributed by atoms with Gasteiger partial charge in [-0.05, 0) is 41.5 Å². The summed E-state index contributed by atoms with van der Waals surface area (Å²) < 4.78 is 64.7. The molecule has 0 unspecified atom stereocenters. The Balaban J connectivity index is 1.48. The van der Waals surface area contributed by atoms with E-state index in [0.717, 1.165) is 0 Å². The molecule has 0 saturated carbocycles. The number of fused-ring (bicyclic) bond motifs is 1. The van der Waals surface area contributed by atoms with E-state index in [-0.39, 0.29) is 19.0 Å². The number of nitrogens with one attached hydrogen (secondary N) is 1. The van der Waals surface area contributed by atoms with Crippen LogP contribution in [-0.2, 0) is 11.3 Å². The third-order valence-corrected chi connectivity index (χ3v) is 3.87. The van der Waals surface area contributed by atoms with Gasteiger partial charge in [-0.3, -0.25) is 4.79 Å². The van der Waals surface area contributed by atoms with E-state index in [2.05, 4.69) is 15.3 Å². The molecule has 1 aliphatic heterocycles. The molecular weight excluding hydrogens is 396 g/mol. The van der Waals surface area contributed by atoms with Gasteiger partial charge in [-0.1, -0.05) is 12.1 Å².